The molecule has 0 radical (unpaired) electrons. The normalized spacial score (nSPS) is 10.4. The number of aromatic nitrogens is 1. The number of carbonyl (C=O) groups is 2. The van der Waals surface area contributed by atoms with Crippen LogP contribution in [0, 0.1) is 0 Å². The van der Waals surface area contributed by atoms with Crippen molar-refractivity contribution in [2.75, 3.05) is 5.32 Å². The second kappa shape index (κ2) is 7.73. The maximum absolute atomic E-state index is 11.7. The first kappa shape index (κ1) is 15.4. The Hall–Kier alpha value is -2.95. The summed E-state index contributed by atoms with van der Waals surface area (Å²) in [5, 5.41) is 5.47. The van der Waals surface area contributed by atoms with E-state index in [2.05, 4.69) is 15.6 Å². The van der Waals surface area contributed by atoms with Gasteiger partial charge in [-0.1, -0.05) is 18.2 Å². The molecular weight excluding hydrogens is 278 g/mol. The van der Waals surface area contributed by atoms with Crippen LogP contribution in [0.3, 0.4) is 0 Å². The van der Waals surface area contributed by atoms with Gasteiger partial charge in [0.2, 0.25) is 11.8 Å². The van der Waals surface area contributed by atoms with Crippen molar-refractivity contribution in [2.45, 2.75) is 13.5 Å². The number of pyridine rings is 1. The molecule has 0 bridgehead atoms. The standard InChI is InChI=1S/C17H17N3O2/c1-13(21)20-16-7-4-14(5-8-16)6-9-17(22)19-12-15-3-2-10-18-11-15/h2-11H,12H2,1H3,(H,19,22)(H,20,21)/b9-6+. The van der Waals surface area contributed by atoms with E-state index in [9.17, 15) is 9.59 Å². The van der Waals surface area contributed by atoms with Gasteiger partial charge in [0.25, 0.3) is 0 Å². The highest BCUT2D eigenvalue weighted by Gasteiger charge is 1.98. The number of anilines is 1. The zero-order chi connectivity index (χ0) is 15.8. The summed E-state index contributed by atoms with van der Waals surface area (Å²) in [6.45, 7) is 1.90. The SMILES string of the molecule is CC(=O)Nc1ccc(/C=C/C(=O)NCc2cccnc2)cc1. The molecule has 2 aromatic rings. The third kappa shape index (κ3) is 5.20. The van der Waals surface area contributed by atoms with Crippen molar-refractivity contribution in [3.63, 3.8) is 0 Å². The van der Waals surface area contributed by atoms with Gasteiger partial charge in [0, 0.05) is 37.6 Å². The maximum Gasteiger partial charge on any atom is 0.244 e. The Morgan fingerprint density at radius 3 is 2.59 bits per heavy atom. The highest BCUT2D eigenvalue weighted by atomic mass is 16.2. The monoisotopic (exact) mass is 295 g/mol. The van der Waals surface area contributed by atoms with Crippen LogP contribution in [0.25, 0.3) is 6.08 Å². The van der Waals surface area contributed by atoms with E-state index in [1.54, 1.807) is 30.6 Å². The fourth-order valence-corrected chi connectivity index (χ4v) is 1.80. The van der Waals surface area contributed by atoms with Crippen molar-refractivity contribution < 1.29 is 9.59 Å². The number of hydrogen-bond acceptors (Lipinski definition) is 3. The predicted octanol–water partition coefficient (Wildman–Crippen LogP) is 2.37. The van der Waals surface area contributed by atoms with Crippen molar-refractivity contribution >= 4 is 23.6 Å². The molecule has 1 aromatic carbocycles. The van der Waals surface area contributed by atoms with Gasteiger partial charge < -0.3 is 10.6 Å². The Bertz CT molecular complexity index is 664. The molecule has 0 fully saturated rings. The zero-order valence-corrected chi connectivity index (χ0v) is 12.2. The smallest absolute Gasteiger partial charge is 0.244 e. The molecule has 0 unspecified atom stereocenters. The molecule has 0 spiro atoms. The second-order valence-electron chi connectivity index (χ2n) is 4.72. The topological polar surface area (TPSA) is 71.1 Å². The molecule has 2 rings (SSSR count). The molecule has 1 heterocycles. The summed E-state index contributed by atoms with van der Waals surface area (Å²) < 4.78 is 0. The number of nitrogens with zero attached hydrogens (tertiary/aromatic N) is 1. The van der Waals surface area contributed by atoms with Gasteiger partial charge in [0.05, 0.1) is 0 Å². The van der Waals surface area contributed by atoms with Crippen LogP contribution >= 0.6 is 0 Å². The molecule has 0 aliphatic carbocycles. The molecule has 0 aliphatic heterocycles. The van der Waals surface area contributed by atoms with E-state index in [1.165, 1.54) is 13.0 Å². The van der Waals surface area contributed by atoms with Crippen LogP contribution in [-0.2, 0) is 16.1 Å². The third-order valence-corrected chi connectivity index (χ3v) is 2.85. The summed E-state index contributed by atoms with van der Waals surface area (Å²) in [7, 11) is 0. The van der Waals surface area contributed by atoms with E-state index < -0.39 is 0 Å². The molecule has 22 heavy (non-hydrogen) atoms. The van der Waals surface area contributed by atoms with Crippen molar-refractivity contribution in [2.24, 2.45) is 0 Å². The number of rotatable bonds is 5. The van der Waals surface area contributed by atoms with Gasteiger partial charge in [-0.2, -0.15) is 0 Å². The Morgan fingerprint density at radius 1 is 1.18 bits per heavy atom. The van der Waals surface area contributed by atoms with Crippen LogP contribution in [0.2, 0.25) is 0 Å². The Kier molecular flexibility index (Phi) is 5.43. The van der Waals surface area contributed by atoms with Crippen LogP contribution < -0.4 is 10.6 Å². The lowest BCUT2D eigenvalue weighted by atomic mass is 10.2. The minimum absolute atomic E-state index is 0.113. The van der Waals surface area contributed by atoms with E-state index >= 15 is 0 Å². The van der Waals surface area contributed by atoms with Gasteiger partial charge >= 0.3 is 0 Å². The number of carbonyl (C=O) groups excluding carboxylic acids is 2. The molecule has 1 aromatic heterocycles. The first-order valence-corrected chi connectivity index (χ1v) is 6.86. The molecule has 0 saturated heterocycles. The lowest BCUT2D eigenvalue weighted by Crippen LogP contribution is -2.20. The number of amides is 2. The van der Waals surface area contributed by atoms with E-state index in [0.717, 1.165) is 16.8 Å². The molecule has 2 amide bonds. The lowest BCUT2D eigenvalue weighted by Gasteiger charge is -2.02. The van der Waals surface area contributed by atoms with Crippen molar-refractivity contribution in [1.29, 1.82) is 0 Å². The van der Waals surface area contributed by atoms with Gasteiger partial charge in [-0.15, -0.1) is 0 Å². The van der Waals surface area contributed by atoms with E-state index in [4.69, 9.17) is 0 Å². The second-order valence-corrected chi connectivity index (χ2v) is 4.72. The number of nitrogens with one attached hydrogen (secondary N) is 2. The molecule has 112 valence electrons. The summed E-state index contributed by atoms with van der Waals surface area (Å²) in [6, 6.07) is 11.0. The van der Waals surface area contributed by atoms with Gasteiger partial charge in [-0.3, -0.25) is 14.6 Å². The predicted molar refractivity (Wildman–Crippen MR) is 85.9 cm³/mol. The number of benzene rings is 1. The average Bonchev–Trinajstić information content (AvgIpc) is 2.53. The molecule has 0 aliphatic rings. The molecule has 5 nitrogen and oxygen atoms in total. The van der Waals surface area contributed by atoms with Gasteiger partial charge in [-0.05, 0) is 35.4 Å². The largest absolute Gasteiger partial charge is 0.348 e. The minimum atomic E-state index is -0.171. The quantitative estimate of drug-likeness (QED) is 0.832. The summed E-state index contributed by atoms with van der Waals surface area (Å²) in [4.78, 5) is 26.6. The molecule has 5 heteroatoms. The summed E-state index contributed by atoms with van der Waals surface area (Å²) in [6.07, 6.45) is 6.60. The van der Waals surface area contributed by atoms with Gasteiger partial charge in [0.1, 0.15) is 0 Å². The maximum atomic E-state index is 11.7. The first-order chi connectivity index (χ1) is 10.6. The first-order valence-electron chi connectivity index (χ1n) is 6.86. The minimum Gasteiger partial charge on any atom is -0.348 e. The van der Waals surface area contributed by atoms with Gasteiger partial charge in [0.15, 0.2) is 0 Å². The van der Waals surface area contributed by atoms with Crippen molar-refractivity contribution in [3.05, 3.63) is 66.0 Å². The summed E-state index contributed by atoms with van der Waals surface area (Å²) >= 11 is 0. The van der Waals surface area contributed by atoms with E-state index in [0.29, 0.717) is 6.54 Å². The van der Waals surface area contributed by atoms with Crippen LogP contribution in [0.5, 0.6) is 0 Å². The number of hydrogen-bond donors (Lipinski definition) is 2. The fraction of sp³-hybridized carbons (Fsp3) is 0.118. The third-order valence-electron chi connectivity index (χ3n) is 2.85. The Balaban J connectivity index is 1.85. The average molecular weight is 295 g/mol. The van der Waals surface area contributed by atoms with Crippen LogP contribution in [0.4, 0.5) is 5.69 Å². The van der Waals surface area contributed by atoms with Crippen LogP contribution in [0.15, 0.2) is 54.9 Å². The van der Waals surface area contributed by atoms with Crippen LogP contribution in [0.1, 0.15) is 18.1 Å². The van der Waals surface area contributed by atoms with E-state index in [-0.39, 0.29) is 11.8 Å². The van der Waals surface area contributed by atoms with Crippen molar-refractivity contribution in [1.82, 2.24) is 10.3 Å². The Labute approximate surface area is 129 Å². The van der Waals surface area contributed by atoms with Crippen LogP contribution in [-0.4, -0.2) is 16.8 Å². The molecule has 2 N–H and O–H groups in total. The molecule has 0 saturated carbocycles. The molecule has 0 atom stereocenters. The lowest BCUT2D eigenvalue weighted by molar-refractivity contribution is -0.116. The van der Waals surface area contributed by atoms with Crippen molar-refractivity contribution in [3.8, 4) is 0 Å². The summed E-state index contributed by atoms with van der Waals surface area (Å²) in [5.74, 6) is -0.284. The van der Waals surface area contributed by atoms with Gasteiger partial charge in [-0.25, -0.2) is 0 Å². The fourth-order valence-electron chi connectivity index (χ4n) is 1.80. The Morgan fingerprint density at radius 2 is 1.95 bits per heavy atom. The van der Waals surface area contributed by atoms with E-state index in [1.807, 2.05) is 24.3 Å². The highest BCUT2D eigenvalue weighted by molar-refractivity contribution is 5.92. The highest BCUT2D eigenvalue weighted by Crippen LogP contribution is 2.10. The molecular formula is C17H17N3O2. The zero-order valence-electron chi connectivity index (χ0n) is 12.2. The summed E-state index contributed by atoms with van der Waals surface area (Å²) in [5.41, 5.74) is 2.56.